The molecule has 2 aromatic rings. The van der Waals surface area contributed by atoms with E-state index in [1.807, 2.05) is 30.1 Å². The van der Waals surface area contributed by atoms with Crippen molar-refractivity contribution >= 4 is 5.71 Å². The molecule has 8 nitrogen and oxygen atoms in total. The van der Waals surface area contributed by atoms with Gasteiger partial charge in [0.15, 0.2) is 5.54 Å². The standard InChI is InChI=1S/C21H28N6O2/c1-5-27-13-17(12-22-27)21(19-25-26(4)20(28)29-19)18-16(11-15(3)24-21)10-8-6-7-9-14(2)23-18/h6-9,12-16,24H,5,10-11H2,1-4H3. The van der Waals surface area contributed by atoms with Gasteiger partial charge in [0.25, 0.3) is 0 Å². The van der Waals surface area contributed by atoms with Gasteiger partial charge in [-0.15, -0.1) is 5.10 Å². The van der Waals surface area contributed by atoms with Gasteiger partial charge in [-0.05, 0) is 33.6 Å². The second-order valence-corrected chi connectivity index (χ2v) is 7.91. The van der Waals surface area contributed by atoms with Crippen molar-refractivity contribution in [1.82, 2.24) is 24.9 Å². The molecule has 1 N–H and O–H groups in total. The second kappa shape index (κ2) is 7.59. The summed E-state index contributed by atoms with van der Waals surface area (Å²) in [6, 6.07) is 0.162. The molecule has 2 aliphatic rings. The molecule has 4 atom stereocenters. The van der Waals surface area contributed by atoms with Crippen LogP contribution in [0.1, 0.15) is 45.1 Å². The first-order valence-corrected chi connectivity index (χ1v) is 10.2. The van der Waals surface area contributed by atoms with Crippen molar-refractivity contribution in [3.63, 3.8) is 0 Å². The van der Waals surface area contributed by atoms with Crippen LogP contribution in [0.4, 0.5) is 0 Å². The Bertz CT molecular complexity index is 1030. The van der Waals surface area contributed by atoms with Crippen LogP contribution in [0.2, 0.25) is 0 Å². The predicted octanol–water partition coefficient (Wildman–Crippen LogP) is 2.18. The number of aliphatic imine (C=N–C) groups is 1. The number of nitrogens with one attached hydrogen (secondary N) is 1. The van der Waals surface area contributed by atoms with Crippen LogP contribution < -0.4 is 11.1 Å². The highest BCUT2D eigenvalue weighted by Crippen LogP contribution is 2.40. The average molecular weight is 396 g/mol. The minimum Gasteiger partial charge on any atom is -0.389 e. The van der Waals surface area contributed by atoms with E-state index in [4.69, 9.17) is 9.41 Å². The van der Waals surface area contributed by atoms with E-state index in [1.54, 1.807) is 7.05 Å². The first kappa shape index (κ1) is 19.6. The maximum Gasteiger partial charge on any atom is 0.436 e. The fourth-order valence-corrected chi connectivity index (χ4v) is 4.32. The monoisotopic (exact) mass is 396 g/mol. The normalized spacial score (nSPS) is 29.7. The summed E-state index contributed by atoms with van der Waals surface area (Å²) in [5.74, 6) is 0.0211. The van der Waals surface area contributed by atoms with Gasteiger partial charge < -0.3 is 4.42 Å². The van der Waals surface area contributed by atoms with Crippen LogP contribution >= 0.6 is 0 Å². The van der Waals surface area contributed by atoms with E-state index >= 15 is 0 Å². The molecule has 4 heterocycles. The summed E-state index contributed by atoms with van der Waals surface area (Å²) in [7, 11) is 1.60. The van der Waals surface area contributed by atoms with Crippen molar-refractivity contribution in [2.45, 2.75) is 57.8 Å². The zero-order valence-electron chi connectivity index (χ0n) is 17.4. The lowest BCUT2D eigenvalue weighted by Crippen LogP contribution is -2.60. The number of fused-ring (bicyclic) bond motifs is 1. The molecule has 0 spiro atoms. The van der Waals surface area contributed by atoms with Crippen molar-refractivity contribution < 1.29 is 4.42 Å². The Labute approximate surface area is 170 Å². The van der Waals surface area contributed by atoms with Gasteiger partial charge in [0.2, 0.25) is 5.89 Å². The highest BCUT2D eigenvalue weighted by atomic mass is 16.4. The molecule has 2 aliphatic heterocycles. The van der Waals surface area contributed by atoms with E-state index < -0.39 is 11.3 Å². The van der Waals surface area contributed by atoms with Crippen LogP contribution in [-0.4, -0.2) is 37.4 Å². The molecule has 1 fully saturated rings. The Balaban J connectivity index is 2.00. The molecule has 0 aliphatic carbocycles. The number of nitrogens with zero attached hydrogens (tertiary/aromatic N) is 5. The van der Waals surface area contributed by atoms with E-state index in [2.05, 4.69) is 47.6 Å². The number of hydrogen-bond donors (Lipinski definition) is 1. The van der Waals surface area contributed by atoms with Crippen LogP contribution in [0.15, 0.2) is 50.9 Å². The topological polar surface area (TPSA) is 90.2 Å². The molecule has 1 saturated heterocycles. The van der Waals surface area contributed by atoms with Crippen LogP contribution in [0.3, 0.4) is 0 Å². The highest BCUT2D eigenvalue weighted by Gasteiger charge is 2.52. The van der Waals surface area contributed by atoms with Crippen LogP contribution in [0.25, 0.3) is 0 Å². The summed E-state index contributed by atoms with van der Waals surface area (Å²) in [4.78, 5) is 17.3. The molecule has 4 unspecified atom stereocenters. The van der Waals surface area contributed by atoms with Crippen molar-refractivity contribution in [3.8, 4) is 0 Å². The fourth-order valence-electron chi connectivity index (χ4n) is 4.32. The predicted molar refractivity (Wildman–Crippen MR) is 111 cm³/mol. The molecule has 8 heteroatoms. The van der Waals surface area contributed by atoms with Crippen LogP contribution in [0.5, 0.6) is 0 Å². The number of aromatic nitrogens is 4. The van der Waals surface area contributed by atoms with Gasteiger partial charge >= 0.3 is 5.76 Å². The summed E-state index contributed by atoms with van der Waals surface area (Å²) < 4.78 is 8.77. The van der Waals surface area contributed by atoms with E-state index in [9.17, 15) is 4.79 Å². The van der Waals surface area contributed by atoms with Gasteiger partial charge in [-0.3, -0.25) is 15.0 Å². The Morgan fingerprint density at radius 3 is 2.86 bits per heavy atom. The van der Waals surface area contributed by atoms with Gasteiger partial charge in [-0.2, -0.15) is 9.78 Å². The lowest BCUT2D eigenvalue weighted by atomic mass is 9.72. The number of piperidine rings is 1. The van der Waals surface area contributed by atoms with Gasteiger partial charge in [-0.25, -0.2) is 4.79 Å². The quantitative estimate of drug-likeness (QED) is 0.859. The zero-order chi connectivity index (χ0) is 20.6. The van der Waals surface area contributed by atoms with Crippen molar-refractivity contribution in [2.75, 3.05) is 0 Å². The van der Waals surface area contributed by atoms with Gasteiger partial charge in [0, 0.05) is 37.3 Å². The maximum atomic E-state index is 12.2. The third-order valence-corrected chi connectivity index (χ3v) is 5.67. The molecular weight excluding hydrogens is 368 g/mol. The number of allylic oxidation sites excluding steroid dienone is 3. The number of rotatable bonds is 3. The number of aryl methyl sites for hydroxylation is 2. The summed E-state index contributed by atoms with van der Waals surface area (Å²) in [5, 5.41) is 12.6. The lowest BCUT2D eigenvalue weighted by Gasteiger charge is -2.43. The Hall–Kier alpha value is -2.74. The summed E-state index contributed by atoms with van der Waals surface area (Å²) in [6.07, 6.45) is 14.0. The van der Waals surface area contributed by atoms with Crippen LogP contribution in [0, 0.1) is 5.92 Å². The molecular formula is C21H28N6O2. The van der Waals surface area contributed by atoms with E-state index in [-0.39, 0.29) is 18.0 Å². The minimum atomic E-state index is -0.934. The van der Waals surface area contributed by atoms with Gasteiger partial charge in [-0.1, -0.05) is 24.3 Å². The zero-order valence-corrected chi connectivity index (χ0v) is 17.4. The molecule has 0 radical (unpaired) electrons. The molecule has 0 aromatic carbocycles. The van der Waals surface area contributed by atoms with Crippen molar-refractivity contribution in [1.29, 1.82) is 0 Å². The largest absolute Gasteiger partial charge is 0.436 e. The Kier molecular flexibility index (Phi) is 5.12. The average Bonchev–Trinajstić information content (AvgIpc) is 3.31. The molecule has 2 aromatic heterocycles. The van der Waals surface area contributed by atoms with Crippen LogP contribution in [-0.2, 0) is 19.1 Å². The molecule has 0 bridgehead atoms. The molecule has 29 heavy (non-hydrogen) atoms. The van der Waals surface area contributed by atoms with E-state index in [0.717, 1.165) is 30.7 Å². The third-order valence-electron chi connectivity index (χ3n) is 5.67. The Morgan fingerprint density at radius 1 is 1.34 bits per heavy atom. The molecule has 154 valence electrons. The van der Waals surface area contributed by atoms with Crippen molar-refractivity contribution in [3.05, 3.63) is 58.7 Å². The maximum absolute atomic E-state index is 12.2. The van der Waals surface area contributed by atoms with Crippen molar-refractivity contribution in [2.24, 2.45) is 18.0 Å². The summed E-state index contributed by atoms with van der Waals surface area (Å²) >= 11 is 0. The third kappa shape index (κ3) is 3.42. The minimum absolute atomic E-state index is 0.0125. The summed E-state index contributed by atoms with van der Waals surface area (Å²) in [5.41, 5.74) is 0.893. The Morgan fingerprint density at radius 2 is 2.17 bits per heavy atom. The van der Waals surface area contributed by atoms with Gasteiger partial charge in [0.1, 0.15) is 0 Å². The van der Waals surface area contributed by atoms with E-state index in [0.29, 0.717) is 5.89 Å². The smallest absolute Gasteiger partial charge is 0.389 e. The fraction of sp³-hybridized carbons (Fsp3) is 0.524. The SMILES string of the molecule is CCn1cc(C2(c3nn(C)c(=O)o3)NC(C)CC3CC=CC=CC(C)N=C32)cn1. The number of hydrogen-bond acceptors (Lipinski definition) is 6. The second-order valence-electron chi connectivity index (χ2n) is 7.91. The first-order chi connectivity index (χ1) is 13.9. The molecule has 0 saturated carbocycles. The molecule has 0 amide bonds. The lowest BCUT2D eigenvalue weighted by molar-refractivity contribution is 0.286. The summed E-state index contributed by atoms with van der Waals surface area (Å²) in [6.45, 7) is 7.00. The highest BCUT2D eigenvalue weighted by molar-refractivity contribution is 5.99. The first-order valence-electron chi connectivity index (χ1n) is 10.2. The van der Waals surface area contributed by atoms with E-state index in [1.165, 1.54) is 4.68 Å². The van der Waals surface area contributed by atoms with Gasteiger partial charge in [0.05, 0.1) is 18.0 Å². The molecule has 4 rings (SSSR count).